The molecule has 0 aromatic heterocycles. The highest BCUT2D eigenvalue weighted by Crippen LogP contribution is 2.20. The molecule has 7 nitrogen and oxygen atoms in total. The number of benzene rings is 1. The van der Waals surface area contributed by atoms with Crippen LogP contribution >= 0.6 is 0 Å². The smallest absolute Gasteiger partial charge is 0.293 e. The van der Waals surface area contributed by atoms with Crippen LogP contribution in [0, 0.1) is 0 Å². The standard InChI is InChI=1S/C12H18N2O3S.C5H10O2/c1-18(15,16)17-9-10-4-2-3-5-11(10)12-8-13-6-7-14-12;1-5(2,3)7-4-6/h2-5,12-14H,6-9H2,1H3;4H,1-3H3. The van der Waals surface area contributed by atoms with Crippen molar-refractivity contribution in [2.45, 2.75) is 39.0 Å². The lowest BCUT2D eigenvalue weighted by molar-refractivity contribution is -0.138. The number of rotatable bonds is 5. The third-order valence-corrected chi connectivity index (χ3v) is 3.85. The topological polar surface area (TPSA) is 93.7 Å². The average molecular weight is 372 g/mol. The Balaban J connectivity index is 0.000000381. The summed E-state index contributed by atoms with van der Waals surface area (Å²) < 4.78 is 31.5. The van der Waals surface area contributed by atoms with E-state index in [0.717, 1.165) is 37.0 Å². The summed E-state index contributed by atoms with van der Waals surface area (Å²) in [6.07, 6.45) is 1.07. The fourth-order valence-corrected chi connectivity index (χ4v) is 2.53. The van der Waals surface area contributed by atoms with Crippen molar-refractivity contribution < 1.29 is 22.1 Å². The minimum absolute atomic E-state index is 0.0905. The molecule has 0 bridgehead atoms. The van der Waals surface area contributed by atoms with Gasteiger partial charge in [-0.05, 0) is 31.9 Å². The van der Waals surface area contributed by atoms with Gasteiger partial charge in [0.05, 0.1) is 12.9 Å². The summed E-state index contributed by atoms with van der Waals surface area (Å²) in [5.41, 5.74) is 1.68. The zero-order valence-electron chi connectivity index (χ0n) is 15.2. The first-order valence-electron chi connectivity index (χ1n) is 8.10. The number of carbonyl (C=O) groups excluding carboxylic acids is 1. The Morgan fingerprint density at radius 3 is 2.40 bits per heavy atom. The van der Waals surface area contributed by atoms with Gasteiger partial charge in [-0.15, -0.1) is 0 Å². The van der Waals surface area contributed by atoms with Gasteiger partial charge in [0.1, 0.15) is 5.60 Å². The summed E-state index contributed by atoms with van der Waals surface area (Å²) in [7, 11) is -3.41. The lowest BCUT2D eigenvalue weighted by Crippen LogP contribution is -2.43. The van der Waals surface area contributed by atoms with Gasteiger partial charge in [0.2, 0.25) is 0 Å². The van der Waals surface area contributed by atoms with Crippen LogP contribution in [-0.4, -0.2) is 46.4 Å². The van der Waals surface area contributed by atoms with Crippen molar-refractivity contribution in [1.82, 2.24) is 10.6 Å². The molecule has 1 aromatic carbocycles. The van der Waals surface area contributed by atoms with Gasteiger partial charge >= 0.3 is 0 Å². The maximum absolute atomic E-state index is 11.0. The molecule has 1 atom stereocenters. The zero-order valence-corrected chi connectivity index (χ0v) is 16.1. The molecule has 142 valence electrons. The van der Waals surface area contributed by atoms with E-state index >= 15 is 0 Å². The number of carbonyl (C=O) groups is 1. The SMILES string of the molecule is CC(C)(C)OC=O.CS(=O)(=O)OCc1ccccc1C1CNCCN1. The van der Waals surface area contributed by atoms with E-state index < -0.39 is 10.1 Å². The molecule has 2 rings (SSSR count). The minimum atomic E-state index is -3.41. The van der Waals surface area contributed by atoms with Gasteiger partial charge in [0, 0.05) is 25.7 Å². The molecule has 0 spiro atoms. The molecule has 1 aromatic rings. The van der Waals surface area contributed by atoms with Crippen LogP contribution < -0.4 is 10.6 Å². The van der Waals surface area contributed by atoms with Gasteiger partial charge < -0.3 is 15.4 Å². The lowest BCUT2D eigenvalue weighted by Gasteiger charge is -2.26. The lowest BCUT2D eigenvalue weighted by atomic mass is 10.00. The predicted octanol–water partition coefficient (Wildman–Crippen LogP) is 1.35. The fraction of sp³-hybridized carbons (Fsp3) is 0.588. The normalized spacial score (nSPS) is 18.0. The second-order valence-corrected chi connectivity index (χ2v) is 8.35. The minimum Gasteiger partial charge on any atom is -0.462 e. The highest BCUT2D eigenvalue weighted by Gasteiger charge is 2.17. The Morgan fingerprint density at radius 1 is 1.24 bits per heavy atom. The van der Waals surface area contributed by atoms with Gasteiger partial charge in [0.25, 0.3) is 16.6 Å². The third-order valence-electron chi connectivity index (χ3n) is 3.30. The molecule has 1 aliphatic rings. The quantitative estimate of drug-likeness (QED) is 0.595. The first kappa shape index (κ1) is 21.6. The van der Waals surface area contributed by atoms with Gasteiger partial charge in [0.15, 0.2) is 0 Å². The molecule has 0 saturated carbocycles. The highest BCUT2D eigenvalue weighted by molar-refractivity contribution is 7.85. The number of hydrogen-bond acceptors (Lipinski definition) is 7. The summed E-state index contributed by atoms with van der Waals surface area (Å²) in [6.45, 7) is 8.72. The van der Waals surface area contributed by atoms with E-state index in [1.807, 2.05) is 45.0 Å². The molecule has 1 aliphatic heterocycles. The number of piperazine rings is 1. The Hall–Kier alpha value is -1.48. The summed E-state index contributed by atoms with van der Waals surface area (Å²) in [4.78, 5) is 9.60. The van der Waals surface area contributed by atoms with Crippen LogP contribution in [0.25, 0.3) is 0 Å². The molecule has 8 heteroatoms. The van der Waals surface area contributed by atoms with E-state index in [-0.39, 0.29) is 18.2 Å². The summed E-state index contributed by atoms with van der Waals surface area (Å²) in [6, 6.07) is 7.96. The number of ether oxygens (including phenoxy) is 1. The predicted molar refractivity (Wildman–Crippen MR) is 96.6 cm³/mol. The Morgan fingerprint density at radius 2 is 1.92 bits per heavy atom. The Kier molecular flexibility index (Phi) is 8.51. The van der Waals surface area contributed by atoms with Gasteiger partial charge in [-0.3, -0.25) is 8.98 Å². The second-order valence-electron chi connectivity index (χ2n) is 6.70. The van der Waals surface area contributed by atoms with Crippen LogP contribution in [0.5, 0.6) is 0 Å². The van der Waals surface area contributed by atoms with Crippen molar-refractivity contribution in [3.05, 3.63) is 35.4 Å². The second kappa shape index (κ2) is 9.86. The first-order chi connectivity index (χ1) is 11.6. The molecule has 0 aliphatic carbocycles. The summed E-state index contributed by atoms with van der Waals surface area (Å²) in [5, 5.41) is 6.72. The van der Waals surface area contributed by atoms with Crippen LogP contribution in [0.3, 0.4) is 0 Å². The number of hydrogen-bond donors (Lipinski definition) is 2. The molecular weight excluding hydrogens is 344 g/mol. The molecule has 0 amide bonds. The van der Waals surface area contributed by atoms with Crippen molar-refractivity contribution in [2.75, 3.05) is 25.9 Å². The molecule has 2 N–H and O–H groups in total. The fourth-order valence-electron chi connectivity index (χ4n) is 2.19. The summed E-state index contributed by atoms with van der Waals surface area (Å²) >= 11 is 0. The van der Waals surface area contributed by atoms with E-state index in [9.17, 15) is 13.2 Å². The van der Waals surface area contributed by atoms with E-state index in [1.165, 1.54) is 0 Å². The average Bonchev–Trinajstić information content (AvgIpc) is 2.53. The molecule has 1 saturated heterocycles. The Labute approximate surface area is 150 Å². The molecule has 1 unspecified atom stereocenters. The van der Waals surface area contributed by atoms with Crippen LogP contribution in [-0.2, 0) is 30.4 Å². The largest absolute Gasteiger partial charge is 0.462 e. The van der Waals surface area contributed by atoms with Crippen LogP contribution in [0.1, 0.15) is 37.9 Å². The summed E-state index contributed by atoms with van der Waals surface area (Å²) in [5.74, 6) is 0. The van der Waals surface area contributed by atoms with Crippen LogP contribution in [0.2, 0.25) is 0 Å². The van der Waals surface area contributed by atoms with Gasteiger partial charge in [-0.1, -0.05) is 24.3 Å². The van der Waals surface area contributed by atoms with E-state index in [2.05, 4.69) is 15.4 Å². The van der Waals surface area contributed by atoms with Gasteiger partial charge in [-0.25, -0.2) is 0 Å². The maximum atomic E-state index is 11.0. The molecule has 1 fully saturated rings. The molecule has 0 radical (unpaired) electrons. The van der Waals surface area contributed by atoms with Gasteiger partial charge in [-0.2, -0.15) is 8.42 Å². The van der Waals surface area contributed by atoms with E-state index in [0.29, 0.717) is 6.47 Å². The molecular formula is C17H28N2O5S. The van der Waals surface area contributed by atoms with Crippen molar-refractivity contribution in [1.29, 1.82) is 0 Å². The van der Waals surface area contributed by atoms with Crippen LogP contribution in [0.4, 0.5) is 0 Å². The zero-order chi connectivity index (χ0) is 18.9. The number of nitrogens with one attached hydrogen (secondary N) is 2. The first-order valence-corrected chi connectivity index (χ1v) is 9.92. The molecule has 1 heterocycles. The third kappa shape index (κ3) is 9.54. The molecule has 25 heavy (non-hydrogen) atoms. The van der Waals surface area contributed by atoms with Crippen molar-refractivity contribution >= 4 is 16.6 Å². The van der Waals surface area contributed by atoms with Crippen molar-refractivity contribution in [2.24, 2.45) is 0 Å². The van der Waals surface area contributed by atoms with E-state index in [1.54, 1.807) is 0 Å². The monoisotopic (exact) mass is 372 g/mol. The van der Waals surface area contributed by atoms with Crippen molar-refractivity contribution in [3.63, 3.8) is 0 Å². The van der Waals surface area contributed by atoms with Crippen LogP contribution in [0.15, 0.2) is 24.3 Å². The highest BCUT2D eigenvalue weighted by atomic mass is 32.2. The van der Waals surface area contributed by atoms with E-state index in [4.69, 9.17) is 4.18 Å². The Bertz CT molecular complexity index is 635. The maximum Gasteiger partial charge on any atom is 0.293 e. The van der Waals surface area contributed by atoms with Crippen molar-refractivity contribution in [3.8, 4) is 0 Å².